The lowest BCUT2D eigenvalue weighted by molar-refractivity contribution is -0.403. The van der Waals surface area contributed by atoms with Gasteiger partial charge in [0.25, 0.3) is 11.4 Å². The molecular formula is C12H11N3O5. The highest BCUT2D eigenvalue weighted by molar-refractivity contribution is 5.51. The fourth-order valence-corrected chi connectivity index (χ4v) is 1.23. The molecule has 0 spiro atoms. The van der Waals surface area contributed by atoms with E-state index in [0.717, 1.165) is 12.1 Å². The van der Waals surface area contributed by atoms with Crippen LogP contribution in [0.5, 0.6) is 5.75 Å². The van der Waals surface area contributed by atoms with Crippen LogP contribution in [0.4, 0.5) is 11.4 Å². The highest BCUT2D eigenvalue weighted by atomic mass is 16.6. The van der Waals surface area contributed by atoms with Crippen LogP contribution in [0.1, 0.15) is 5.56 Å². The second-order valence-electron chi connectivity index (χ2n) is 3.74. The summed E-state index contributed by atoms with van der Waals surface area (Å²) >= 11 is 0. The Hall–Kier alpha value is -3.03. The molecule has 104 valence electrons. The molecule has 1 aromatic heterocycles. The number of nitro groups is 2. The van der Waals surface area contributed by atoms with E-state index in [9.17, 15) is 25.3 Å². The first-order valence-electron chi connectivity index (χ1n) is 5.44. The molecule has 0 aliphatic rings. The van der Waals surface area contributed by atoms with Crippen molar-refractivity contribution in [2.75, 3.05) is 0 Å². The predicted octanol–water partition coefficient (Wildman–Crippen LogP) is 1.39. The Bertz CT molecular complexity index is 616. The number of benzene rings is 1. The number of nitrogens with zero attached hydrogens (tertiary/aromatic N) is 2. The summed E-state index contributed by atoms with van der Waals surface area (Å²) in [5.74, 6) is -0.837. The first-order valence-corrected chi connectivity index (χ1v) is 5.44. The molecule has 0 aliphatic carbocycles. The van der Waals surface area contributed by atoms with Gasteiger partial charge in [-0.05, 0) is 18.2 Å². The largest absolute Gasteiger partial charge is 0.868 e. The third kappa shape index (κ3) is 4.33. The Kier molecular flexibility index (Phi) is 5.10. The van der Waals surface area contributed by atoms with Gasteiger partial charge in [0.15, 0.2) is 12.4 Å². The predicted molar refractivity (Wildman–Crippen MR) is 66.9 cm³/mol. The molecule has 0 radical (unpaired) electrons. The van der Waals surface area contributed by atoms with E-state index in [4.69, 9.17) is 0 Å². The smallest absolute Gasteiger partial charge is 0.276 e. The van der Waals surface area contributed by atoms with Gasteiger partial charge in [0.05, 0.1) is 15.9 Å². The highest BCUT2D eigenvalue weighted by Gasteiger charge is 2.13. The van der Waals surface area contributed by atoms with E-state index in [1.807, 2.05) is 24.5 Å². The maximum Gasteiger partial charge on any atom is 0.276 e. The molecule has 0 amide bonds. The lowest BCUT2D eigenvalue weighted by Crippen LogP contribution is -1.98. The summed E-state index contributed by atoms with van der Waals surface area (Å²) in [6.45, 7) is 2.06. The standard InChI is InChI=1S/C6H4N2O5.C6H7N/c9-6-2-1-4(7(10)11)3-5(6)8(12)13;1-6-2-4-7-5-3-6/h1-3,9H;2-5H,1H3. The molecule has 2 aromatic rings. The first kappa shape index (κ1) is 15.0. The second-order valence-corrected chi connectivity index (χ2v) is 3.74. The first-order chi connectivity index (χ1) is 9.41. The summed E-state index contributed by atoms with van der Waals surface area (Å²) < 4.78 is 0. The molecule has 0 saturated heterocycles. The summed E-state index contributed by atoms with van der Waals surface area (Å²) in [6.07, 6.45) is 3.82. The number of hydrogen-bond donors (Lipinski definition) is 0. The van der Waals surface area contributed by atoms with Gasteiger partial charge in [-0.15, -0.1) is 0 Å². The van der Waals surface area contributed by atoms with Crippen LogP contribution in [0.25, 0.3) is 0 Å². The van der Waals surface area contributed by atoms with Crippen molar-refractivity contribution in [1.82, 2.24) is 0 Å². The van der Waals surface area contributed by atoms with Gasteiger partial charge >= 0.3 is 0 Å². The Balaban J connectivity index is 0.000000240. The molecular weight excluding hydrogens is 266 g/mol. The number of aromatic nitrogens is 1. The van der Waals surface area contributed by atoms with Crippen LogP contribution < -0.4 is 10.1 Å². The second kappa shape index (κ2) is 6.78. The average molecular weight is 277 g/mol. The molecule has 8 nitrogen and oxygen atoms in total. The summed E-state index contributed by atoms with van der Waals surface area (Å²) in [5.41, 5.74) is 0.0410. The van der Waals surface area contributed by atoms with Crippen LogP contribution in [0.3, 0.4) is 0 Å². The number of H-pyrrole nitrogens is 1. The van der Waals surface area contributed by atoms with Gasteiger partial charge in [-0.25, -0.2) is 4.98 Å². The Morgan fingerprint density at radius 3 is 2.00 bits per heavy atom. The molecule has 0 aliphatic heterocycles. The average Bonchev–Trinajstić information content (AvgIpc) is 2.40. The Morgan fingerprint density at radius 1 is 1.00 bits per heavy atom. The molecule has 0 bridgehead atoms. The summed E-state index contributed by atoms with van der Waals surface area (Å²) in [4.78, 5) is 21.5. The topological polar surface area (TPSA) is 123 Å². The maximum absolute atomic E-state index is 10.8. The van der Waals surface area contributed by atoms with Gasteiger partial charge in [0.2, 0.25) is 0 Å². The number of rotatable bonds is 2. The van der Waals surface area contributed by atoms with Crippen molar-refractivity contribution in [2.45, 2.75) is 6.92 Å². The van der Waals surface area contributed by atoms with E-state index in [-0.39, 0.29) is 0 Å². The zero-order valence-electron chi connectivity index (χ0n) is 10.5. The molecule has 0 atom stereocenters. The fraction of sp³-hybridized carbons (Fsp3) is 0.0833. The lowest BCUT2D eigenvalue weighted by Gasteiger charge is -2.03. The Morgan fingerprint density at radius 2 is 1.60 bits per heavy atom. The zero-order chi connectivity index (χ0) is 15.1. The quantitative estimate of drug-likeness (QED) is 0.605. The van der Waals surface area contributed by atoms with E-state index in [1.54, 1.807) is 0 Å². The van der Waals surface area contributed by atoms with Crippen molar-refractivity contribution < 1.29 is 19.9 Å². The lowest BCUT2D eigenvalue weighted by atomic mass is 10.2. The minimum absolute atomic E-state index is 0.466. The van der Waals surface area contributed by atoms with Gasteiger partial charge in [-0.1, -0.05) is 6.07 Å². The van der Waals surface area contributed by atoms with Crippen LogP contribution >= 0.6 is 0 Å². The number of nitro benzene ring substituents is 2. The third-order valence-electron chi connectivity index (χ3n) is 2.23. The Labute approximate surface area is 113 Å². The SMILES string of the molecule is Cc1cc[nH+]cc1.O=[N+]([O-])c1ccc([O-])c([N+](=O)[O-])c1. The zero-order valence-corrected chi connectivity index (χ0v) is 10.5. The summed E-state index contributed by atoms with van der Waals surface area (Å²) in [6, 6.07) is 6.42. The number of nitrogens with one attached hydrogen (secondary N) is 1. The van der Waals surface area contributed by atoms with Gasteiger partial charge in [-0.3, -0.25) is 20.2 Å². The van der Waals surface area contributed by atoms with Gasteiger partial charge in [0.1, 0.15) is 0 Å². The van der Waals surface area contributed by atoms with Crippen LogP contribution in [0.2, 0.25) is 0 Å². The number of aromatic amines is 1. The molecule has 0 saturated carbocycles. The number of non-ortho nitro benzene ring substituents is 1. The van der Waals surface area contributed by atoms with E-state index in [2.05, 4.69) is 11.9 Å². The van der Waals surface area contributed by atoms with E-state index < -0.39 is 27.0 Å². The van der Waals surface area contributed by atoms with E-state index >= 15 is 0 Å². The molecule has 0 unspecified atom stereocenters. The fourth-order valence-electron chi connectivity index (χ4n) is 1.23. The molecule has 2 rings (SSSR count). The number of aryl methyl sites for hydroxylation is 1. The van der Waals surface area contributed by atoms with Crippen LogP contribution in [0, 0.1) is 27.2 Å². The maximum atomic E-state index is 10.8. The monoisotopic (exact) mass is 277 g/mol. The number of pyridine rings is 1. The van der Waals surface area contributed by atoms with Crippen LogP contribution in [0.15, 0.2) is 42.7 Å². The number of hydrogen-bond acceptors (Lipinski definition) is 5. The molecule has 20 heavy (non-hydrogen) atoms. The van der Waals surface area contributed by atoms with Gasteiger partial charge < -0.3 is 5.11 Å². The summed E-state index contributed by atoms with van der Waals surface area (Å²) in [5, 5.41) is 31.1. The minimum Gasteiger partial charge on any atom is -0.868 e. The van der Waals surface area contributed by atoms with Gasteiger partial charge in [-0.2, -0.15) is 0 Å². The summed E-state index contributed by atoms with van der Waals surface area (Å²) in [7, 11) is 0. The van der Waals surface area contributed by atoms with Crippen molar-refractivity contribution in [2.24, 2.45) is 0 Å². The van der Waals surface area contributed by atoms with Crippen molar-refractivity contribution >= 4 is 11.4 Å². The molecule has 1 heterocycles. The molecule has 1 N–H and O–H groups in total. The normalized spacial score (nSPS) is 9.25. The van der Waals surface area contributed by atoms with E-state index in [1.165, 1.54) is 5.56 Å². The highest BCUT2D eigenvalue weighted by Crippen LogP contribution is 2.27. The molecule has 0 fully saturated rings. The van der Waals surface area contributed by atoms with Crippen LogP contribution in [-0.4, -0.2) is 9.85 Å². The minimum atomic E-state index is -0.949. The van der Waals surface area contributed by atoms with Crippen molar-refractivity contribution in [3.05, 3.63) is 68.5 Å². The third-order valence-corrected chi connectivity index (χ3v) is 2.23. The van der Waals surface area contributed by atoms with Crippen molar-refractivity contribution in [1.29, 1.82) is 0 Å². The molecule has 8 heteroatoms. The van der Waals surface area contributed by atoms with Gasteiger partial charge in [0, 0.05) is 18.2 Å². The van der Waals surface area contributed by atoms with Crippen LogP contribution in [-0.2, 0) is 0 Å². The molecule has 1 aromatic carbocycles. The van der Waals surface area contributed by atoms with E-state index in [0.29, 0.717) is 6.07 Å². The van der Waals surface area contributed by atoms with Crippen molar-refractivity contribution in [3.63, 3.8) is 0 Å². The van der Waals surface area contributed by atoms with Crippen molar-refractivity contribution in [3.8, 4) is 5.75 Å².